The molecule has 0 aromatic heterocycles. The summed E-state index contributed by atoms with van der Waals surface area (Å²) in [5, 5.41) is 0. The van der Waals surface area contributed by atoms with E-state index in [-0.39, 0.29) is 30.1 Å². The second-order valence-corrected chi connectivity index (χ2v) is 11.3. The molecule has 0 aliphatic carbocycles. The molecule has 3 aromatic rings. The van der Waals surface area contributed by atoms with Crippen LogP contribution in [0.5, 0.6) is 5.75 Å². The van der Waals surface area contributed by atoms with Gasteiger partial charge in [0.25, 0.3) is 0 Å². The van der Waals surface area contributed by atoms with Crippen molar-refractivity contribution in [2.45, 2.75) is 84.7 Å². The van der Waals surface area contributed by atoms with E-state index in [4.69, 9.17) is 9.47 Å². The third kappa shape index (κ3) is 8.53. The van der Waals surface area contributed by atoms with Gasteiger partial charge < -0.3 is 9.47 Å². The molecular weight excluding hydrogens is 446 g/mol. The third-order valence-corrected chi connectivity index (χ3v) is 5.83. The SMILES string of the molecule is C[C@H](c1ccccc1)N(Cc1ccccc1)C(CC(=O)OC(C)(C)C)c1cccc(OC(C)(C)C)c1. The lowest BCUT2D eigenvalue weighted by molar-refractivity contribution is -0.156. The minimum Gasteiger partial charge on any atom is -0.488 e. The normalized spacial score (nSPS) is 13.8. The average molecular weight is 488 g/mol. The second kappa shape index (κ2) is 11.7. The van der Waals surface area contributed by atoms with Gasteiger partial charge in [-0.1, -0.05) is 72.8 Å². The summed E-state index contributed by atoms with van der Waals surface area (Å²) >= 11 is 0. The van der Waals surface area contributed by atoms with Crippen molar-refractivity contribution >= 4 is 5.97 Å². The molecule has 36 heavy (non-hydrogen) atoms. The third-order valence-electron chi connectivity index (χ3n) is 5.83. The van der Waals surface area contributed by atoms with Crippen LogP contribution in [0.2, 0.25) is 0 Å². The van der Waals surface area contributed by atoms with Crippen LogP contribution in [0.1, 0.15) is 83.7 Å². The predicted molar refractivity (Wildman–Crippen MR) is 147 cm³/mol. The van der Waals surface area contributed by atoms with Gasteiger partial charge >= 0.3 is 5.97 Å². The maximum absolute atomic E-state index is 13.2. The molecule has 4 nitrogen and oxygen atoms in total. The number of ether oxygens (including phenoxy) is 2. The van der Waals surface area contributed by atoms with Crippen molar-refractivity contribution in [3.63, 3.8) is 0 Å². The van der Waals surface area contributed by atoms with Crippen molar-refractivity contribution in [3.8, 4) is 5.75 Å². The molecule has 1 unspecified atom stereocenters. The molecule has 4 heteroatoms. The highest BCUT2D eigenvalue weighted by atomic mass is 16.6. The van der Waals surface area contributed by atoms with Crippen molar-refractivity contribution in [3.05, 3.63) is 102 Å². The largest absolute Gasteiger partial charge is 0.488 e. The molecule has 0 aliphatic rings. The Hall–Kier alpha value is -3.11. The maximum atomic E-state index is 13.2. The standard InChI is InChI=1S/C32H41NO3/c1-24(26-17-12-9-13-18-26)33(23-25-15-10-8-11-16-25)29(22-30(34)36-32(5,6)7)27-19-14-20-28(21-27)35-31(2,3)4/h8-21,24,29H,22-23H2,1-7H3/t24-,29?/m1/s1. The Morgan fingerprint density at radius 1 is 0.778 bits per heavy atom. The summed E-state index contributed by atoms with van der Waals surface area (Å²) in [4.78, 5) is 15.6. The van der Waals surface area contributed by atoms with Crippen LogP contribution in [0.15, 0.2) is 84.9 Å². The fourth-order valence-electron chi connectivity index (χ4n) is 4.34. The maximum Gasteiger partial charge on any atom is 0.308 e. The fourth-order valence-corrected chi connectivity index (χ4v) is 4.34. The van der Waals surface area contributed by atoms with Crippen LogP contribution in [0, 0.1) is 0 Å². The van der Waals surface area contributed by atoms with E-state index in [2.05, 4.69) is 72.5 Å². The first kappa shape index (κ1) is 27.5. The minimum absolute atomic E-state index is 0.0611. The summed E-state index contributed by atoms with van der Waals surface area (Å²) < 4.78 is 12.0. The number of rotatable bonds is 9. The van der Waals surface area contributed by atoms with Crippen LogP contribution in [0.4, 0.5) is 0 Å². The Balaban J connectivity index is 2.07. The van der Waals surface area contributed by atoms with Crippen LogP contribution in [0.25, 0.3) is 0 Å². The van der Waals surface area contributed by atoms with Crippen LogP contribution < -0.4 is 4.74 Å². The summed E-state index contributed by atoms with van der Waals surface area (Å²) in [5.74, 6) is 0.578. The Bertz CT molecular complexity index is 1100. The summed E-state index contributed by atoms with van der Waals surface area (Å²) in [6, 6.07) is 28.8. The number of hydrogen-bond donors (Lipinski definition) is 0. The Morgan fingerprint density at radius 3 is 1.94 bits per heavy atom. The molecule has 3 rings (SSSR count). The highest BCUT2D eigenvalue weighted by Crippen LogP contribution is 2.36. The van der Waals surface area contributed by atoms with E-state index in [1.165, 1.54) is 11.1 Å². The van der Waals surface area contributed by atoms with E-state index in [0.29, 0.717) is 6.54 Å². The molecule has 0 saturated heterocycles. The molecule has 3 aromatic carbocycles. The molecule has 0 radical (unpaired) electrons. The fraction of sp³-hybridized carbons (Fsp3) is 0.406. The van der Waals surface area contributed by atoms with Crippen molar-refractivity contribution in [1.29, 1.82) is 0 Å². The Kier molecular flexibility index (Phi) is 8.97. The second-order valence-electron chi connectivity index (χ2n) is 11.3. The van der Waals surface area contributed by atoms with Crippen molar-refractivity contribution in [1.82, 2.24) is 4.90 Å². The summed E-state index contributed by atoms with van der Waals surface area (Å²) in [7, 11) is 0. The van der Waals surface area contributed by atoms with E-state index < -0.39 is 5.60 Å². The average Bonchev–Trinajstić information content (AvgIpc) is 2.80. The van der Waals surface area contributed by atoms with Crippen LogP contribution >= 0.6 is 0 Å². The monoisotopic (exact) mass is 487 g/mol. The molecule has 192 valence electrons. The zero-order valence-electron chi connectivity index (χ0n) is 22.8. The van der Waals surface area contributed by atoms with Gasteiger partial charge in [0, 0.05) is 18.6 Å². The molecule has 0 heterocycles. The van der Waals surface area contributed by atoms with Gasteiger partial charge in [0.05, 0.1) is 6.42 Å². The Morgan fingerprint density at radius 2 is 1.36 bits per heavy atom. The molecule has 0 saturated carbocycles. The van der Waals surface area contributed by atoms with E-state index >= 15 is 0 Å². The van der Waals surface area contributed by atoms with Gasteiger partial charge in [0.2, 0.25) is 0 Å². The highest BCUT2D eigenvalue weighted by Gasteiger charge is 2.31. The van der Waals surface area contributed by atoms with Gasteiger partial charge in [-0.3, -0.25) is 9.69 Å². The molecule has 0 N–H and O–H groups in total. The van der Waals surface area contributed by atoms with Gasteiger partial charge in [-0.25, -0.2) is 0 Å². The van der Waals surface area contributed by atoms with Gasteiger partial charge in [0.1, 0.15) is 17.0 Å². The molecule has 0 spiro atoms. The van der Waals surface area contributed by atoms with Gasteiger partial charge in [-0.2, -0.15) is 0 Å². The topological polar surface area (TPSA) is 38.8 Å². The molecular formula is C32H41NO3. The summed E-state index contributed by atoms with van der Waals surface area (Å²) in [6.45, 7) is 14.7. The van der Waals surface area contributed by atoms with E-state index in [1.807, 2.05) is 65.8 Å². The first-order chi connectivity index (χ1) is 16.9. The quantitative estimate of drug-likeness (QED) is 0.288. The number of benzene rings is 3. The molecule has 0 amide bonds. The predicted octanol–water partition coefficient (Wildman–Crippen LogP) is 7.90. The van der Waals surface area contributed by atoms with Gasteiger partial charge in [-0.15, -0.1) is 0 Å². The smallest absolute Gasteiger partial charge is 0.308 e. The molecule has 0 bridgehead atoms. The first-order valence-electron chi connectivity index (χ1n) is 12.8. The summed E-state index contributed by atoms with van der Waals surface area (Å²) in [6.07, 6.45) is 0.236. The van der Waals surface area contributed by atoms with E-state index in [1.54, 1.807) is 0 Å². The number of carbonyl (C=O) groups excluding carboxylic acids is 1. The molecule has 0 aliphatic heterocycles. The number of hydrogen-bond acceptors (Lipinski definition) is 4. The highest BCUT2D eigenvalue weighted by molar-refractivity contribution is 5.71. The van der Waals surface area contributed by atoms with Crippen LogP contribution in [-0.4, -0.2) is 22.1 Å². The van der Waals surface area contributed by atoms with Crippen molar-refractivity contribution < 1.29 is 14.3 Å². The van der Waals surface area contributed by atoms with Crippen LogP contribution in [0.3, 0.4) is 0 Å². The number of esters is 1. The lowest BCUT2D eigenvalue weighted by Gasteiger charge is -2.37. The van der Waals surface area contributed by atoms with E-state index in [9.17, 15) is 4.79 Å². The zero-order chi connectivity index (χ0) is 26.3. The van der Waals surface area contributed by atoms with Crippen LogP contribution in [-0.2, 0) is 16.1 Å². The number of carbonyl (C=O) groups is 1. The van der Waals surface area contributed by atoms with Gasteiger partial charge in [0.15, 0.2) is 0 Å². The van der Waals surface area contributed by atoms with Gasteiger partial charge in [-0.05, 0) is 77.3 Å². The van der Waals surface area contributed by atoms with E-state index in [0.717, 1.165) is 11.3 Å². The van der Waals surface area contributed by atoms with Crippen molar-refractivity contribution in [2.75, 3.05) is 0 Å². The molecule has 0 fully saturated rings. The van der Waals surface area contributed by atoms with Crippen molar-refractivity contribution in [2.24, 2.45) is 0 Å². The Labute approximate surface area is 217 Å². The lowest BCUT2D eigenvalue weighted by Crippen LogP contribution is -2.34. The molecule has 2 atom stereocenters. The minimum atomic E-state index is -0.547. The first-order valence-corrected chi connectivity index (χ1v) is 12.8. The zero-order valence-corrected chi connectivity index (χ0v) is 22.8. The lowest BCUT2D eigenvalue weighted by atomic mass is 9.96. The summed E-state index contributed by atoms with van der Waals surface area (Å²) in [5.41, 5.74) is 2.55. The number of nitrogens with zero attached hydrogens (tertiary/aromatic N) is 1.